The van der Waals surface area contributed by atoms with Crippen molar-refractivity contribution < 1.29 is 13.5 Å². The summed E-state index contributed by atoms with van der Waals surface area (Å²) in [6.07, 6.45) is 7.69. The molecule has 3 aromatic rings. The van der Waals surface area contributed by atoms with Crippen LogP contribution in [0.15, 0.2) is 49.1 Å². The van der Waals surface area contributed by atoms with Gasteiger partial charge in [-0.3, -0.25) is 4.98 Å². The number of benzene rings is 1. The molecule has 0 bridgehead atoms. The fourth-order valence-corrected chi connectivity index (χ4v) is 3.55. The van der Waals surface area contributed by atoms with Gasteiger partial charge in [-0.25, -0.2) is 13.8 Å². The average molecular weight is 355 g/mol. The Hall–Kier alpha value is -2.60. The molecule has 2 aromatic heterocycles. The van der Waals surface area contributed by atoms with Crippen molar-refractivity contribution in [3.63, 3.8) is 0 Å². The summed E-state index contributed by atoms with van der Waals surface area (Å²) in [7, 11) is 0. The Morgan fingerprint density at radius 2 is 1.92 bits per heavy atom. The molecule has 0 unspecified atom stereocenters. The van der Waals surface area contributed by atoms with Crippen LogP contribution >= 0.6 is 0 Å². The predicted molar refractivity (Wildman–Crippen MR) is 93.6 cm³/mol. The van der Waals surface area contributed by atoms with Gasteiger partial charge in [-0.1, -0.05) is 6.07 Å². The Morgan fingerprint density at radius 1 is 1.12 bits per heavy atom. The Balaban J connectivity index is 1.70. The average Bonchev–Trinajstić information content (AvgIpc) is 3.29. The lowest BCUT2D eigenvalue weighted by atomic mass is 9.95. The summed E-state index contributed by atoms with van der Waals surface area (Å²) < 4.78 is 36.5. The van der Waals surface area contributed by atoms with Gasteiger partial charge in [0, 0.05) is 30.7 Å². The van der Waals surface area contributed by atoms with Crippen LogP contribution in [0.1, 0.15) is 17.2 Å². The summed E-state index contributed by atoms with van der Waals surface area (Å²) in [5.74, 6) is -0.674. The highest BCUT2D eigenvalue weighted by atomic mass is 19.1. The van der Waals surface area contributed by atoms with Crippen molar-refractivity contribution >= 4 is 0 Å². The van der Waals surface area contributed by atoms with Gasteiger partial charge in [0.05, 0.1) is 24.8 Å². The maximum absolute atomic E-state index is 14.6. The molecule has 4 rings (SSSR count). The number of imidazole rings is 1. The van der Waals surface area contributed by atoms with Crippen molar-refractivity contribution in [3.8, 4) is 11.4 Å². The van der Waals surface area contributed by atoms with Gasteiger partial charge in [0.25, 0.3) is 0 Å². The molecule has 26 heavy (non-hydrogen) atoms. The van der Waals surface area contributed by atoms with E-state index in [9.17, 15) is 8.78 Å². The van der Waals surface area contributed by atoms with E-state index < -0.39 is 11.6 Å². The van der Waals surface area contributed by atoms with Crippen molar-refractivity contribution in [2.75, 3.05) is 13.2 Å². The summed E-state index contributed by atoms with van der Waals surface area (Å²) in [5.41, 5.74) is 1.48. The second-order valence-corrected chi connectivity index (χ2v) is 6.64. The second kappa shape index (κ2) is 6.96. The van der Waals surface area contributed by atoms with Crippen LogP contribution in [0.3, 0.4) is 0 Å². The first-order valence-electron chi connectivity index (χ1n) is 8.59. The quantitative estimate of drug-likeness (QED) is 0.711. The zero-order valence-corrected chi connectivity index (χ0v) is 14.4. The molecule has 1 aromatic carbocycles. The first-order valence-corrected chi connectivity index (χ1v) is 8.59. The predicted octanol–water partition coefficient (Wildman–Crippen LogP) is 3.96. The molecule has 6 heteroatoms. The van der Waals surface area contributed by atoms with Gasteiger partial charge in [-0.15, -0.1) is 0 Å². The minimum absolute atomic E-state index is 0.0278. The van der Waals surface area contributed by atoms with Crippen LogP contribution in [0.2, 0.25) is 0 Å². The number of nitrogens with zero attached hydrogens (tertiary/aromatic N) is 3. The summed E-state index contributed by atoms with van der Waals surface area (Å²) in [4.78, 5) is 8.29. The molecule has 1 saturated heterocycles. The second-order valence-electron chi connectivity index (χ2n) is 6.64. The molecule has 1 fully saturated rings. The maximum atomic E-state index is 14.6. The number of aromatic nitrogens is 3. The molecule has 0 amide bonds. The molecular weight excluding hydrogens is 336 g/mol. The van der Waals surface area contributed by atoms with Crippen molar-refractivity contribution in [2.45, 2.75) is 19.4 Å². The van der Waals surface area contributed by atoms with Gasteiger partial charge in [0.1, 0.15) is 17.5 Å². The summed E-state index contributed by atoms with van der Waals surface area (Å²) in [6.45, 7) is 2.72. The molecule has 4 nitrogen and oxygen atoms in total. The van der Waals surface area contributed by atoms with E-state index in [0.29, 0.717) is 24.6 Å². The molecule has 2 atom stereocenters. The van der Waals surface area contributed by atoms with E-state index in [0.717, 1.165) is 12.0 Å². The maximum Gasteiger partial charge on any atom is 0.146 e. The largest absolute Gasteiger partial charge is 0.379 e. The fourth-order valence-electron chi connectivity index (χ4n) is 3.55. The molecule has 1 aliphatic rings. The SMILES string of the molecule is Cc1ccc(F)c(-c2nccn2[C@@H]2COC[C@H]2Cc2ccncc2)c1F. The lowest BCUT2D eigenvalue weighted by molar-refractivity contribution is 0.181. The number of pyridine rings is 1. The van der Waals surface area contributed by atoms with Crippen molar-refractivity contribution in [1.82, 2.24) is 14.5 Å². The van der Waals surface area contributed by atoms with Gasteiger partial charge in [-0.05, 0) is 42.7 Å². The van der Waals surface area contributed by atoms with E-state index in [4.69, 9.17) is 4.74 Å². The molecule has 134 valence electrons. The van der Waals surface area contributed by atoms with E-state index in [1.165, 1.54) is 12.1 Å². The normalized spacial score (nSPS) is 19.8. The molecule has 0 spiro atoms. The smallest absolute Gasteiger partial charge is 0.146 e. The van der Waals surface area contributed by atoms with Crippen LogP contribution in [-0.2, 0) is 11.2 Å². The molecule has 0 radical (unpaired) electrons. The van der Waals surface area contributed by atoms with Gasteiger partial charge in [0.2, 0.25) is 0 Å². The number of hydrogen-bond acceptors (Lipinski definition) is 3. The lowest BCUT2D eigenvalue weighted by Gasteiger charge is -2.21. The number of ether oxygens (including phenoxy) is 1. The third-order valence-electron chi connectivity index (χ3n) is 4.95. The fraction of sp³-hybridized carbons (Fsp3) is 0.300. The number of halogens is 2. The third-order valence-corrected chi connectivity index (χ3v) is 4.95. The molecule has 1 aliphatic heterocycles. The van der Waals surface area contributed by atoms with E-state index in [2.05, 4.69) is 9.97 Å². The zero-order valence-electron chi connectivity index (χ0n) is 14.4. The standard InChI is InChI=1S/C20H19F2N3O/c1-13-2-3-16(21)18(19(13)22)20-24-8-9-25(20)17-12-26-11-15(17)10-14-4-6-23-7-5-14/h2-9,15,17H,10-12H2,1H3/t15-,17-/m1/s1. The van der Waals surface area contributed by atoms with Crippen molar-refractivity contribution in [2.24, 2.45) is 5.92 Å². The Labute approximate surface area is 150 Å². The van der Waals surface area contributed by atoms with Crippen LogP contribution in [0.25, 0.3) is 11.4 Å². The highest BCUT2D eigenvalue weighted by Crippen LogP contribution is 2.34. The number of aryl methyl sites for hydroxylation is 1. The Kier molecular flexibility index (Phi) is 4.51. The van der Waals surface area contributed by atoms with Crippen LogP contribution in [-0.4, -0.2) is 27.7 Å². The molecule has 0 saturated carbocycles. The van der Waals surface area contributed by atoms with Gasteiger partial charge >= 0.3 is 0 Å². The number of rotatable bonds is 4. The first-order chi connectivity index (χ1) is 12.6. The molecular formula is C20H19F2N3O. The zero-order chi connectivity index (χ0) is 18.1. The van der Waals surface area contributed by atoms with E-state index in [1.807, 2.05) is 16.7 Å². The van der Waals surface area contributed by atoms with E-state index in [1.54, 1.807) is 31.7 Å². The van der Waals surface area contributed by atoms with Crippen molar-refractivity contribution in [1.29, 1.82) is 0 Å². The monoisotopic (exact) mass is 355 g/mol. The van der Waals surface area contributed by atoms with Crippen LogP contribution in [0.5, 0.6) is 0 Å². The Morgan fingerprint density at radius 3 is 2.73 bits per heavy atom. The van der Waals surface area contributed by atoms with Crippen molar-refractivity contribution in [3.05, 3.63) is 71.8 Å². The van der Waals surface area contributed by atoms with Gasteiger partial charge < -0.3 is 9.30 Å². The minimum atomic E-state index is -0.606. The van der Waals surface area contributed by atoms with Gasteiger partial charge in [-0.2, -0.15) is 0 Å². The minimum Gasteiger partial charge on any atom is -0.379 e. The molecule has 0 aliphatic carbocycles. The summed E-state index contributed by atoms with van der Waals surface area (Å²) in [5, 5.41) is 0. The van der Waals surface area contributed by atoms with E-state index >= 15 is 0 Å². The molecule has 0 N–H and O–H groups in total. The molecule has 3 heterocycles. The van der Waals surface area contributed by atoms with Crippen LogP contribution < -0.4 is 0 Å². The highest BCUT2D eigenvalue weighted by Gasteiger charge is 2.32. The third kappa shape index (κ3) is 3.01. The first kappa shape index (κ1) is 16.8. The highest BCUT2D eigenvalue weighted by molar-refractivity contribution is 5.59. The summed E-state index contributed by atoms with van der Waals surface area (Å²) >= 11 is 0. The Bertz CT molecular complexity index is 911. The summed E-state index contributed by atoms with van der Waals surface area (Å²) in [6, 6.07) is 6.65. The lowest BCUT2D eigenvalue weighted by Crippen LogP contribution is -2.20. The number of hydrogen-bond donors (Lipinski definition) is 0. The van der Waals surface area contributed by atoms with Crippen LogP contribution in [0.4, 0.5) is 8.78 Å². The van der Waals surface area contributed by atoms with Crippen LogP contribution in [0, 0.1) is 24.5 Å². The topological polar surface area (TPSA) is 39.9 Å². The van der Waals surface area contributed by atoms with Gasteiger partial charge in [0.15, 0.2) is 0 Å². The van der Waals surface area contributed by atoms with E-state index in [-0.39, 0.29) is 17.5 Å².